The van der Waals surface area contributed by atoms with Crippen LogP contribution in [0.3, 0.4) is 0 Å². The number of aromatic nitrogens is 5. The van der Waals surface area contributed by atoms with E-state index in [4.69, 9.17) is 0 Å². The number of rotatable bonds is 3. The van der Waals surface area contributed by atoms with Gasteiger partial charge in [-0.15, -0.1) is 0 Å². The van der Waals surface area contributed by atoms with E-state index in [1.165, 1.54) is 0 Å². The maximum atomic E-state index is 12.2. The monoisotopic (exact) mass is 370 g/mol. The highest BCUT2D eigenvalue weighted by Crippen LogP contribution is 2.23. The summed E-state index contributed by atoms with van der Waals surface area (Å²) in [5, 5.41) is 7.52. The summed E-state index contributed by atoms with van der Waals surface area (Å²) in [7, 11) is 0. The van der Waals surface area contributed by atoms with Crippen LogP contribution in [0, 0.1) is 0 Å². The van der Waals surface area contributed by atoms with E-state index in [0.29, 0.717) is 12.2 Å². The molecular formula is C21H18N6O. The van der Waals surface area contributed by atoms with Crippen molar-refractivity contribution in [2.24, 2.45) is 0 Å². The SMILES string of the molecule is O=C1NCCCn2nc(-c3ccnc(-n4cnc(-c5ccccc5)c4)c3)cc21. The second kappa shape index (κ2) is 6.77. The van der Waals surface area contributed by atoms with Crippen LogP contribution in [0.4, 0.5) is 0 Å². The number of imidazole rings is 1. The molecular weight excluding hydrogens is 352 g/mol. The molecule has 0 saturated heterocycles. The van der Waals surface area contributed by atoms with Gasteiger partial charge in [-0.25, -0.2) is 9.97 Å². The zero-order valence-corrected chi connectivity index (χ0v) is 15.1. The number of pyridine rings is 1. The van der Waals surface area contributed by atoms with Crippen LogP contribution in [-0.2, 0) is 6.54 Å². The van der Waals surface area contributed by atoms with Crippen molar-refractivity contribution in [1.82, 2.24) is 29.6 Å². The summed E-state index contributed by atoms with van der Waals surface area (Å²) in [6.07, 6.45) is 6.33. The minimum absolute atomic E-state index is 0.0763. The van der Waals surface area contributed by atoms with Crippen molar-refractivity contribution in [2.45, 2.75) is 13.0 Å². The summed E-state index contributed by atoms with van der Waals surface area (Å²) >= 11 is 0. The predicted octanol–water partition coefficient (Wildman–Crippen LogP) is 2.93. The first kappa shape index (κ1) is 16.4. The molecule has 1 aliphatic rings. The maximum Gasteiger partial charge on any atom is 0.269 e. The Balaban J connectivity index is 1.49. The second-order valence-corrected chi connectivity index (χ2v) is 6.68. The van der Waals surface area contributed by atoms with Crippen molar-refractivity contribution in [3.8, 4) is 28.3 Å². The number of amides is 1. The Morgan fingerprint density at radius 3 is 2.75 bits per heavy atom. The first-order valence-corrected chi connectivity index (χ1v) is 9.20. The van der Waals surface area contributed by atoms with E-state index >= 15 is 0 Å². The molecule has 1 N–H and O–H groups in total. The minimum atomic E-state index is -0.0763. The molecule has 1 amide bonds. The van der Waals surface area contributed by atoms with Crippen molar-refractivity contribution < 1.29 is 4.79 Å². The van der Waals surface area contributed by atoms with E-state index in [1.54, 1.807) is 17.2 Å². The van der Waals surface area contributed by atoms with Crippen LogP contribution in [-0.4, -0.2) is 36.8 Å². The lowest BCUT2D eigenvalue weighted by Gasteiger charge is -2.03. The Labute approximate surface area is 161 Å². The van der Waals surface area contributed by atoms with Gasteiger partial charge in [-0.1, -0.05) is 30.3 Å². The number of nitrogens with zero attached hydrogens (tertiary/aromatic N) is 5. The van der Waals surface area contributed by atoms with Gasteiger partial charge in [-0.2, -0.15) is 5.10 Å². The summed E-state index contributed by atoms with van der Waals surface area (Å²) in [6, 6.07) is 15.7. The smallest absolute Gasteiger partial charge is 0.269 e. The molecule has 3 aromatic heterocycles. The molecule has 7 nitrogen and oxygen atoms in total. The highest BCUT2D eigenvalue weighted by Gasteiger charge is 2.18. The molecule has 0 spiro atoms. The molecule has 7 heteroatoms. The standard InChI is InChI=1S/C21H18N6O/c28-21-19-12-17(25-27(19)10-4-8-23-21)16-7-9-22-20(11-16)26-13-18(24-14-26)15-5-2-1-3-6-15/h1-3,5-7,9,11-14H,4,8,10H2,(H,23,28). The quantitative estimate of drug-likeness (QED) is 0.601. The van der Waals surface area contributed by atoms with Gasteiger partial charge in [0.05, 0.1) is 11.4 Å². The molecule has 4 aromatic rings. The number of fused-ring (bicyclic) bond motifs is 1. The molecule has 0 bridgehead atoms. The number of hydrogen-bond acceptors (Lipinski definition) is 4. The summed E-state index contributed by atoms with van der Waals surface area (Å²) in [6.45, 7) is 1.41. The van der Waals surface area contributed by atoms with Crippen LogP contribution in [0.5, 0.6) is 0 Å². The van der Waals surface area contributed by atoms with Gasteiger partial charge < -0.3 is 5.32 Å². The zero-order valence-electron chi connectivity index (χ0n) is 15.1. The Hall–Kier alpha value is -3.74. The molecule has 5 rings (SSSR count). The number of carbonyl (C=O) groups is 1. The van der Waals surface area contributed by atoms with Gasteiger partial charge in [-0.05, 0) is 24.6 Å². The summed E-state index contributed by atoms with van der Waals surface area (Å²) in [5.41, 5.74) is 4.21. The number of benzene rings is 1. The molecule has 4 heterocycles. The lowest BCUT2D eigenvalue weighted by Crippen LogP contribution is -2.22. The molecule has 28 heavy (non-hydrogen) atoms. The van der Waals surface area contributed by atoms with Gasteiger partial charge in [0, 0.05) is 36.6 Å². The molecule has 0 fully saturated rings. The lowest BCUT2D eigenvalue weighted by atomic mass is 10.2. The molecule has 1 aliphatic heterocycles. The van der Waals surface area contributed by atoms with Crippen LogP contribution in [0.15, 0.2) is 67.3 Å². The van der Waals surface area contributed by atoms with E-state index in [0.717, 1.165) is 41.3 Å². The second-order valence-electron chi connectivity index (χ2n) is 6.68. The molecule has 0 saturated carbocycles. The van der Waals surface area contributed by atoms with Crippen molar-refractivity contribution in [3.63, 3.8) is 0 Å². The first-order chi connectivity index (χ1) is 13.8. The van der Waals surface area contributed by atoms with Crippen LogP contribution in [0.25, 0.3) is 28.3 Å². The third-order valence-corrected chi connectivity index (χ3v) is 4.80. The normalized spacial score (nSPS) is 13.6. The Morgan fingerprint density at radius 2 is 1.86 bits per heavy atom. The largest absolute Gasteiger partial charge is 0.351 e. The number of carbonyl (C=O) groups excluding carboxylic acids is 1. The fourth-order valence-corrected chi connectivity index (χ4v) is 3.36. The van der Waals surface area contributed by atoms with E-state index in [9.17, 15) is 4.79 Å². The maximum absolute atomic E-state index is 12.2. The van der Waals surface area contributed by atoms with Gasteiger partial charge in [0.25, 0.3) is 5.91 Å². The van der Waals surface area contributed by atoms with Crippen LogP contribution >= 0.6 is 0 Å². The average Bonchev–Trinajstić information content (AvgIpc) is 3.36. The van der Waals surface area contributed by atoms with Gasteiger partial charge >= 0.3 is 0 Å². The Kier molecular flexibility index (Phi) is 3.97. The third kappa shape index (κ3) is 2.96. The van der Waals surface area contributed by atoms with Gasteiger partial charge in [0.1, 0.15) is 17.8 Å². The van der Waals surface area contributed by atoms with E-state index in [2.05, 4.69) is 20.4 Å². The Morgan fingerprint density at radius 1 is 0.964 bits per heavy atom. The predicted molar refractivity (Wildman–Crippen MR) is 105 cm³/mol. The zero-order chi connectivity index (χ0) is 18.9. The topological polar surface area (TPSA) is 77.6 Å². The number of aryl methyl sites for hydroxylation is 1. The lowest BCUT2D eigenvalue weighted by molar-refractivity contribution is 0.0950. The summed E-state index contributed by atoms with van der Waals surface area (Å²) < 4.78 is 3.67. The first-order valence-electron chi connectivity index (χ1n) is 9.20. The molecule has 0 unspecified atom stereocenters. The van der Waals surface area contributed by atoms with Gasteiger partial charge in [0.2, 0.25) is 0 Å². The number of nitrogens with one attached hydrogen (secondary N) is 1. The van der Waals surface area contributed by atoms with Crippen molar-refractivity contribution >= 4 is 5.91 Å². The Bertz CT molecular complexity index is 1140. The molecule has 1 aromatic carbocycles. The molecule has 0 aliphatic carbocycles. The van der Waals surface area contributed by atoms with Crippen LogP contribution in [0.2, 0.25) is 0 Å². The van der Waals surface area contributed by atoms with E-state index in [-0.39, 0.29) is 5.91 Å². The summed E-state index contributed by atoms with van der Waals surface area (Å²) in [4.78, 5) is 21.1. The van der Waals surface area contributed by atoms with Crippen LogP contribution < -0.4 is 5.32 Å². The fourth-order valence-electron chi connectivity index (χ4n) is 3.36. The highest BCUT2D eigenvalue weighted by atomic mass is 16.2. The highest BCUT2D eigenvalue weighted by molar-refractivity contribution is 5.93. The van der Waals surface area contributed by atoms with Crippen molar-refractivity contribution in [1.29, 1.82) is 0 Å². The van der Waals surface area contributed by atoms with Crippen LogP contribution in [0.1, 0.15) is 16.9 Å². The molecule has 0 radical (unpaired) electrons. The van der Waals surface area contributed by atoms with E-state index in [1.807, 2.05) is 59.3 Å². The molecule has 138 valence electrons. The fraction of sp³-hybridized carbons (Fsp3) is 0.143. The summed E-state index contributed by atoms with van der Waals surface area (Å²) in [5.74, 6) is 0.674. The average molecular weight is 370 g/mol. The minimum Gasteiger partial charge on any atom is -0.351 e. The van der Waals surface area contributed by atoms with Crippen molar-refractivity contribution in [3.05, 3.63) is 72.9 Å². The van der Waals surface area contributed by atoms with Gasteiger partial charge in [-0.3, -0.25) is 14.0 Å². The number of hydrogen-bond donors (Lipinski definition) is 1. The van der Waals surface area contributed by atoms with Gasteiger partial charge in [0.15, 0.2) is 0 Å². The van der Waals surface area contributed by atoms with Crippen molar-refractivity contribution in [2.75, 3.05) is 6.54 Å². The third-order valence-electron chi connectivity index (χ3n) is 4.80. The van der Waals surface area contributed by atoms with E-state index < -0.39 is 0 Å². The molecule has 0 atom stereocenters.